The van der Waals surface area contributed by atoms with E-state index >= 15 is 0 Å². The molecular weight excluding hydrogens is 380 g/mol. The van der Waals surface area contributed by atoms with E-state index in [4.69, 9.17) is 14.2 Å². The highest BCUT2D eigenvalue weighted by Gasteiger charge is 2.20. The van der Waals surface area contributed by atoms with Gasteiger partial charge in [0.1, 0.15) is 5.75 Å². The summed E-state index contributed by atoms with van der Waals surface area (Å²) in [5.74, 6) is 2.54. The van der Waals surface area contributed by atoms with Gasteiger partial charge >= 0.3 is 0 Å². The van der Waals surface area contributed by atoms with Crippen molar-refractivity contribution in [3.8, 4) is 17.2 Å². The molecule has 4 rings (SSSR count). The summed E-state index contributed by atoms with van der Waals surface area (Å²) in [7, 11) is 0. The lowest BCUT2D eigenvalue weighted by atomic mass is 10.1. The van der Waals surface area contributed by atoms with Crippen molar-refractivity contribution >= 4 is 12.0 Å². The zero-order chi connectivity index (χ0) is 20.8. The van der Waals surface area contributed by atoms with Crippen molar-refractivity contribution in [2.75, 3.05) is 39.6 Å². The number of hydrogen-bond acceptors (Lipinski definition) is 5. The minimum absolute atomic E-state index is 0.0593. The van der Waals surface area contributed by atoms with Gasteiger partial charge in [-0.25, -0.2) is 0 Å². The molecule has 0 saturated carbocycles. The Hall–Kier alpha value is -2.99. The average molecular weight is 408 g/mol. The van der Waals surface area contributed by atoms with Crippen LogP contribution in [0.4, 0.5) is 0 Å². The Balaban J connectivity index is 1.24. The van der Waals surface area contributed by atoms with Gasteiger partial charge in [0.05, 0.1) is 6.61 Å². The summed E-state index contributed by atoms with van der Waals surface area (Å²) in [5, 5.41) is 0. The first-order valence-corrected chi connectivity index (χ1v) is 10.5. The van der Waals surface area contributed by atoms with Crippen LogP contribution in [0.15, 0.2) is 48.5 Å². The second-order valence-corrected chi connectivity index (χ2v) is 7.54. The Morgan fingerprint density at radius 2 is 1.80 bits per heavy atom. The molecule has 6 heteroatoms. The third-order valence-electron chi connectivity index (χ3n) is 5.30. The highest BCUT2D eigenvalue weighted by molar-refractivity contribution is 5.91. The largest absolute Gasteiger partial charge is 0.494 e. The zero-order valence-corrected chi connectivity index (χ0v) is 17.4. The number of carbonyl (C=O) groups is 1. The Labute approximate surface area is 177 Å². The molecule has 2 aliphatic rings. The van der Waals surface area contributed by atoms with E-state index in [1.54, 1.807) is 6.08 Å². The van der Waals surface area contributed by atoms with Crippen molar-refractivity contribution in [3.63, 3.8) is 0 Å². The molecule has 2 heterocycles. The van der Waals surface area contributed by atoms with Crippen molar-refractivity contribution in [1.29, 1.82) is 0 Å². The maximum atomic E-state index is 12.5. The summed E-state index contributed by atoms with van der Waals surface area (Å²) in [6.07, 6.45) is 4.51. The first kappa shape index (κ1) is 20.3. The molecule has 0 aliphatic carbocycles. The zero-order valence-electron chi connectivity index (χ0n) is 17.4. The standard InChI is InChI=1S/C24H28N2O4/c1-2-15-28-21-7-3-19(4-8-21)6-10-24(27)26-13-11-25(12-14-26)17-20-5-9-22-23(16-20)30-18-29-22/h3-10,16H,2,11-15,17-18H2,1H3/b10-6+. The fourth-order valence-corrected chi connectivity index (χ4v) is 3.59. The van der Waals surface area contributed by atoms with Gasteiger partial charge in [-0.1, -0.05) is 25.1 Å². The van der Waals surface area contributed by atoms with Gasteiger partial charge in [-0.3, -0.25) is 9.69 Å². The molecule has 2 aromatic rings. The Bertz CT molecular complexity index is 887. The summed E-state index contributed by atoms with van der Waals surface area (Å²) in [4.78, 5) is 16.8. The fraction of sp³-hybridized carbons (Fsp3) is 0.375. The third-order valence-corrected chi connectivity index (χ3v) is 5.30. The molecule has 0 spiro atoms. The van der Waals surface area contributed by atoms with Crippen LogP contribution in [0.5, 0.6) is 17.2 Å². The number of fused-ring (bicyclic) bond motifs is 1. The molecule has 2 aliphatic heterocycles. The predicted molar refractivity (Wildman–Crippen MR) is 116 cm³/mol. The first-order valence-electron chi connectivity index (χ1n) is 10.5. The number of amides is 1. The molecule has 1 fully saturated rings. The number of rotatable bonds is 7. The number of benzene rings is 2. The van der Waals surface area contributed by atoms with Crippen LogP contribution in [0.25, 0.3) is 6.08 Å². The summed E-state index contributed by atoms with van der Waals surface area (Å²) in [6.45, 7) is 7.13. The van der Waals surface area contributed by atoms with Gasteiger partial charge < -0.3 is 19.1 Å². The molecule has 1 amide bonds. The molecule has 30 heavy (non-hydrogen) atoms. The SMILES string of the molecule is CCCOc1ccc(/C=C/C(=O)N2CCN(Cc3ccc4c(c3)OCO4)CC2)cc1. The van der Waals surface area contributed by atoms with Gasteiger partial charge in [0.25, 0.3) is 0 Å². The summed E-state index contributed by atoms with van der Waals surface area (Å²) >= 11 is 0. The van der Waals surface area contributed by atoms with Crippen LogP contribution in [-0.4, -0.2) is 55.3 Å². The van der Waals surface area contributed by atoms with Gasteiger partial charge in [-0.05, 0) is 47.9 Å². The van der Waals surface area contributed by atoms with Crippen LogP contribution >= 0.6 is 0 Å². The van der Waals surface area contributed by atoms with Crippen molar-refractivity contribution < 1.29 is 19.0 Å². The highest BCUT2D eigenvalue weighted by Crippen LogP contribution is 2.32. The van der Waals surface area contributed by atoms with Crippen molar-refractivity contribution in [3.05, 3.63) is 59.7 Å². The maximum absolute atomic E-state index is 12.5. The number of piperazine rings is 1. The van der Waals surface area contributed by atoms with E-state index in [2.05, 4.69) is 17.9 Å². The normalized spacial score (nSPS) is 16.2. The smallest absolute Gasteiger partial charge is 0.246 e. The molecular formula is C24H28N2O4. The molecule has 6 nitrogen and oxygen atoms in total. The Kier molecular flexibility index (Phi) is 6.54. The molecule has 2 aromatic carbocycles. The van der Waals surface area contributed by atoms with E-state index in [0.717, 1.165) is 62.0 Å². The van der Waals surface area contributed by atoms with Gasteiger partial charge in [-0.15, -0.1) is 0 Å². The van der Waals surface area contributed by atoms with Gasteiger partial charge in [-0.2, -0.15) is 0 Å². The van der Waals surface area contributed by atoms with E-state index in [0.29, 0.717) is 13.4 Å². The van der Waals surface area contributed by atoms with Crippen molar-refractivity contribution in [2.24, 2.45) is 0 Å². The van der Waals surface area contributed by atoms with Gasteiger partial charge in [0.15, 0.2) is 11.5 Å². The van der Waals surface area contributed by atoms with Crippen molar-refractivity contribution in [1.82, 2.24) is 9.80 Å². The van der Waals surface area contributed by atoms with Gasteiger partial charge in [0, 0.05) is 38.8 Å². The highest BCUT2D eigenvalue weighted by atomic mass is 16.7. The molecule has 0 bridgehead atoms. The second kappa shape index (κ2) is 9.67. The third kappa shape index (κ3) is 5.13. The topological polar surface area (TPSA) is 51.2 Å². The second-order valence-electron chi connectivity index (χ2n) is 7.54. The fourth-order valence-electron chi connectivity index (χ4n) is 3.59. The Morgan fingerprint density at radius 3 is 2.57 bits per heavy atom. The lowest BCUT2D eigenvalue weighted by molar-refractivity contribution is -0.127. The molecule has 0 unspecified atom stereocenters. The number of hydrogen-bond donors (Lipinski definition) is 0. The lowest BCUT2D eigenvalue weighted by Gasteiger charge is -2.34. The molecule has 158 valence electrons. The van der Waals surface area contributed by atoms with Crippen LogP contribution in [0.2, 0.25) is 0 Å². The molecule has 1 saturated heterocycles. The molecule has 0 radical (unpaired) electrons. The first-order chi connectivity index (χ1) is 14.7. The molecule has 0 aromatic heterocycles. The van der Waals surface area contributed by atoms with Crippen LogP contribution in [0.1, 0.15) is 24.5 Å². The number of ether oxygens (including phenoxy) is 3. The monoisotopic (exact) mass is 408 g/mol. The molecule has 0 N–H and O–H groups in total. The van der Waals surface area contributed by atoms with Crippen molar-refractivity contribution in [2.45, 2.75) is 19.9 Å². The van der Waals surface area contributed by atoms with E-state index in [1.165, 1.54) is 5.56 Å². The van der Waals surface area contributed by atoms with Crippen LogP contribution in [0.3, 0.4) is 0 Å². The summed E-state index contributed by atoms with van der Waals surface area (Å²) in [5.41, 5.74) is 2.19. The number of nitrogens with zero attached hydrogens (tertiary/aromatic N) is 2. The minimum Gasteiger partial charge on any atom is -0.494 e. The maximum Gasteiger partial charge on any atom is 0.246 e. The summed E-state index contributed by atoms with van der Waals surface area (Å²) in [6, 6.07) is 13.9. The number of carbonyl (C=O) groups excluding carboxylic acids is 1. The molecule has 0 atom stereocenters. The van der Waals surface area contributed by atoms with E-state index in [-0.39, 0.29) is 5.91 Å². The van der Waals surface area contributed by atoms with E-state index in [1.807, 2.05) is 47.4 Å². The van der Waals surface area contributed by atoms with Crippen LogP contribution in [0, 0.1) is 0 Å². The Morgan fingerprint density at radius 1 is 1.03 bits per heavy atom. The van der Waals surface area contributed by atoms with E-state index in [9.17, 15) is 4.79 Å². The minimum atomic E-state index is 0.0593. The predicted octanol–water partition coefficient (Wildman–Crippen LogP) is 3.56. The van der Waals surface area contributed by atoms with Crippen LogP contribution < -0.4 is 14.2 Å². The lowest BCUT2D eigenvalue weighted by Crippen LogP contribution is -2.47. The van der Waals surface area contributed by atoms with Gasteiger partial charge in [0.2, 0.25) is 12.7 Å². The van der Waals surface area contributed by atoms with Crippen LogP contribution in [-0.2, 0) is 11.3 Å². The average Bonchev–Trinajstić information content (AvgIpc) is 3.25. The summed E-state index contributed by atoms with van der Waals surface area (Å²) < 4.78 is 16.4. The quantitative estimate of drug-likeness (QED) is 0.656. The van der Waals surface area contributed by atoms with E-state index < -0.39 is 0 Å².